The Balaban J connectivity index is 2.41. The van der Waals surface area contributed by atoms with Crippen molar-refractivity contribution in [3.05, 3.63) is 68.1 Å². The average molecular weight is 345 g/mol. The van der Waals surface area contributed by atoms with Crippen molar-refractivity contribution in [1.82, 2.24) is 5.32 Å². The van der Waals surface area contributed by atoms with E-state index in [1.165, 1.54) is 0 Å². The van der Waals surface area contributed by atoms with E-state index in [0.717, 1.165) is 15.6 Å². The van der Waals surface area contributed by atoms with Gasteiger partial charge in [0.2, 0.25) is 0 Å². The summed E-state index contributed by atoms with van der Waals surface area (Å²) in [6, 6.07) is 13.8. The number of hydrogen-bond acceptors (Lipinski definition) is 1. The van der Waals surface area contributed by atoms with E-state index in [2.05, 4.69) is 33.4 Å². The van der Waals surface area contributed by atoms with Gasteiger partial charge in [0, 0.05) is 14.5 Å². The van der Waals surface area contributed by atoms with Crippen molar-refractivity contribution in [2.75, 3.05) is 7.05 Å². The van der Waals surface area contributed by atoms with E-state index in [0.29, 0.717) is 10.0 Å². The highest BCUT2D eigenvalue weighted by Gasteiger charge is 2.15. The van der Waals surface area contributed by atoms with Gasteiger partial charge in [0.25, 0.3) is 0 Å². The van der Waals surface area contributed by atoms with Crippen LogP contribution in [0, 0.1) is 0 Å². The molecule has 1 atom stereocenters. The highest BCUT2D eigenvalue weighted by molar-refractivity contribution is 9.10. The Morgan fingerprint density at radius 1 is 1.06 bits per heavy atom. The zero-order valence-corrected chi connectivity index (χ0v) is 12.9. The van der Waals surface area contributed by atoms with Crippen LogP contribution in [-0.4, -0.2) is 7.05 Å². The monoisotopic (exact) mass is 343 g/mol. The maximum Gasteiger partial charge on any atom is 0.0589 e. The van der Waals surface area contributed by atoms with E-state index in [-0.39, 0.29) is 6.04 Å². The summed E-state index contributed by atoms with van der Waals surface area (Å²) in [5, 5.41) is 4.59. The second kappa shape index (κ2) is 6.07. The summed E-state index contributed by atoms with van der Waals surface area (Å²) < 4.78 is 1.06. The van der Waals surface area contributed by atoms with Gasteiger partial charge >= 0.3 is 0 Å². The van der Waals surface area contributed by atoms with Crippen LogP contribution < -0.4 is 5.32 Å². The average Bonchev–Trinajstić information content (AvgIpc) is 2.35. The van der Waals surface area contributed by atoms with Gasteiger partial charge in [0.1, 0.15) is 0 Å². The van der Waals surface area contributed by atoms with Gasteiger partial charge in [0.05, 0.1) is 6.04 Å². The third-order valence-corrected chi connectivity index (χ3v) is 3.86. The van der Waals surface area contributed by atoms with Crippen LogP contribution in [0.3, 0.4) is 0 Å². The summed E-state index contributed by atoms with van der Waals surface area (Å²) in [4.78, 5) is 0. The fourth-order valence-electron chi connectivity index (χ4n) is 1.89. The van der Waals surface area contributed by atoms with Crippen LogP contribution in [0.25, 0.3) is 0 Å². The summed E-state index contributed by atoms with van der Waals surface area (Å²) in [6.45, 7) is 0. The Kier molecular flexibility index (Phi) is 4.68. The van der Waals surface area contributed by atoms with Gasteiger partial charge < -0.3 is 5.32 Å². The van der Waals surface area contributed by atoms with E-state index in [1.54, 1.807) is 6.07 Å². The van der Waals surface area contributed by atoms with Crippen molar-refractivity contribution in [2.45, 2.75) is 6.04 Å². The molecule has 94 valence electrons. The quantitative estimate of drug-likeness (QED) is 0.820. The first-order valence-corrected chi connectivity index (χ1v) is 7.04. The van der Waals surface area contributed by atoms with Crippen LogP contribution in [0.2, 0.25) is 10.0 Å². The summed E-state index contributed by atoms with van der Waals surface area (Å²) >= 11 is 15.6. The first-order valence-electron chi connectivity index (χ1n) is 5.49. The van der Waals surface area contributed by atoms with Crippen LogP contribution in [0.1, 0.15) is 17.2 Å². The molecule has 0 aliphatic rings. The molecule has 0 bridgehead atoms. The number of rotatable bonds is 3. The molecule has 1 nitrogen and oxygen atoms in total. The molecule has 2 aromatic carbocycles. The van der Waals surface area contributed by atoms with E-state index < -0.39 is 0 Å². The van der Waals surface area contributed by atoms with Crippen molar-refractivity contribution in [3.8, 4) is 0 Å². The van der Waals surface area contributed by atoms with E-state index >= 15 is 0 Å². The van der Waals surface area contributed by atoms with Crippen molar-refractivity contribution >= 4 is 39.1 Å². The van der Waals surface area contributed by atoms with Crippen LogP contribution in [-0.2, 0) is 0 Å². The fourth-order valence-corrected chi connectivity index (χ4v) is 2.67. The molecule has 4 heteroatoms. The van der Waals surface area contributed by atoms with Crippen molar-refractivity contribution < 1.29 is 0 Å². The smallest absolute Gasteiger partial charge is 0.0589 e. The Labute approximate surface area is 125 Å². The Bertz CT molecular complexity index is 540. The lowest BCUT2D eigenvalue weighted by Crippen LogP contribution is -2.17. The number of benzene rings is 2. The fraction of sp³-hybridized carbons (Fsp3) is 0.143. The zero-order valence-electron chi connectivity index (χ0n) is 9.75. The Morgan fingerprint density at radius 2 is 1.72 bits per heavy atom. The summed E-state index contributed by atoms with van der Waals surface area (Å²) in [7, 11) is 1.91. The van der Waals surface area contributed by atoms with E-state index in [4.69, 9.17) is 23.2 Å². The SMILES string of the molecule is CNC(c1ccc(Br)cc1)c1ccc(Cl)cc1Cl. The molecule has 0 saturated heterocycles. The second-order valence-corrected chi connectivity index (χ2v) is 5.70. The first kappa shape index (κ1) is 13.9. The lowest BCUT2D eigenvalue weighted by Gasteiger charge is -2.18. The molecule has 1 unspecified atom stereocenters. The maximum atomic E-state index is 6.25. The summed E-state index contributed by atoms with van der Waals surface area (Å²) in [6.07, 6.45) is 0. The van der Waals surface area contributed by atoms with Crippen LogP contribution in [0.5, 0.6) is 0 Å². The Hall–Kier alpha value is -0.540. The van der Waals surface area contributed by atoms with Crippen LogP contribution in [0.15, 0.2) is 46.9 Å². The third kappa shape index (κ3) is 3.07. The van der Waals surface area contributed by atoms with Gasteiger partial charge in [-0.1, -0.05) is 57.3 Å². The highest BCUT2D eigenvalue weighted by Crippen LogP contribution is 2.30. The molecule has 0 fully saturated rings. The predicted octanol–water partition coefficient (Wildman–Crippen LogP) is 5.06. The lowest BCUT2D eigenvalue weighted by atomic mass is 9.99. The Morgan fingerprint density at radius 3 is 2.28 bits per heavy atom. The number of nitrogens with one attached hydrogen (secondary N) is 1. The van der Waals surface area contributed by atoms with Gasteiger partial charge in [0.15, 0.2) is 0 Å². The maximum absolute atomic E-state index is 6.25. The minimum atomic E-state index is 0.0582. The van der Waals surface area contributed by atoms with Crippen LogP contribution in [0.4, 0.5) is 0 Å². The molecule has 1 N–H and O–H groups in total. The molecule has 0 saturated carbocycles. The normalized spacial score (nSPS) is 12.4. The standard InChI is InChI=1S/C14H12BrCl2N/c1-18-14(9-2-4-10(15)5-3-9)12-7-6-11(16)8-13(12)17/h2-8,14,18H,1H3. The zero-order chi connectivity index (χ0) is 13.1. The molecule has 2 rings (SSSR count). The number of halogens is 3. The van der Waals surface area contributed by atoms with Crippen molar-refractivity contribution in [1.29, 1.82) is 0 Å². The molecular formula is C14H12BrCl2N. The highest BCUT2D eigenvalue weighted by atomic mass is 79.9. The minimum Gasteiger partial charge on any atom is -0.309 e. The lowest BCUT2D eigenvalue weighted by molar-refractivity contribution is 0.692. The van der Waals surface area contributed by atoms with Crippen LogP contribution >= 0.6 is 39.1 Å². The van der Waals surface area contributed by atoms with Crippen molar-refractivity contribution in [2.24, 2.45) is 0 Å². The van der Waals surface area contributed by atoms with Gasteiger partial charge in [-0.05, 0) is 42.4 Å². The van der Waals surface area contributed by atoms with Gasteiger partial charge in [-0.15, -0.1) is 0 Å². The molecule has 0 amide bonds. The van der Waals surface area contributed by atoms with E-state index in [9.17, 15) is 0 Å². The molecule has 0 aliphatic heterocycles. The second-order valence-electron chi connectivity index (χ2n) is 3.94. The summed E-state index contributed by atoms with van der Waals surface area (Å²) in [5.41, 5.74) is 2.18. The largest absolute Gasteiger partial charge is 0.309 e. The molecule has 18 heavy (non-hydrogen) atoms. The third-order valence-electron chi connectivity index (χ3n) is 2.77. The van der Waals surface area contributed by atoms with Gasteiger partial charge in [-0.25, -0.2) is 0 Å². The molecule has 0 spiro atoms. The van der Waals surface area contributed by atoms with E-state index in [1.807, 2.05) is 31.3 Å². The minimum absolute atomic E-state index is 0.0582. The molecule has 0 aromatic heterocycles. The predicted molar refractivity (Wildman–Crippen MR) is 81.5 cm³/mol. The van der Waals surface area contributed by atoms with Gasteiger partial charge in [-0.2, -0.15) is 0 Å². The van der Waals surface area contributed by atoms with Gasteiger partial charge in [-0.3, -0.25) is 0 Å². The summed E-state index contributed by atoms with van der Waals surface area (Å²) in [5.74, 6) is 0. The topological polar surface area (TPSA) is 12.0 Å². The first-order chi connectivity index (χ1) is 8.61. The molecule has 0 aliphatic carbocycles. The molecule has 2 aromatic rings. The molecule has 0 heterocycles. The molecular weight excluding hydrogens is 333 g/mol. The van der Waals surface area contributed by atoms with Crippen molar-refractivity contribution in [3.63, 3.8) is 0 Å². The molecule has 0 radical (unpaired) electrons. The number of hydrogen-bond donors (Lipinski definition) is 1.